The Morgan fingerprint density at radius 2 is 2.21 bits per heavy atom. The maximum Gasteiger partial charge on any atom is 0.0801 e. The quantitative estimate of drug-likeness (QED) is 0.326. The Morgan fingerprint density at radius 1 is 1.43 bits per heavy atom. The van der Waals surface area contributed by atoms with Gasteiger partial charge in [0, 0.05) is 5.69 Å². The number of anilines is 1. The van der Waals surface area contributed by atoms with Crippen LogP contribution in [0.5, 0.6) is 0 Å². The third kappa shape index (κ3) is 2.62. The summed E-state index contributed by atoms with van der Waals surface area (Å²) in [4.78, 5) is 3.96. The summed E-state index contributed by atoms with van der Waals surface area (Å²) in [5.74, 6) is 0. The molecule has 14 heavy (non-hydrogen) atoms. The highest BCUT2D eigenvalue weighted by molar-refractivity contribution is 5.52. The lowest BCUT2D eigenvalue weighted by Crippen LogP contribution is -1.96. The molecule has 0 saturated heterocycles. The fourth-order valence-electron chi connectivity index (χ4n) is 1.25. The van der Waals surface area contributed by atoms with Crippen LogP contribution in [0.2, 0.25) is 0 Å². The lowest BCUT2D eigenvalue weighted by atomic mass is 10.1. The van der Waals surface area contributed by atoms with Crippen LogP contribution in [0.15, 0.2) is 35.8 Å². The Labute approximate surface area is 84.1 Å². The van der Waals surface area contributed by atoms with Crippen LogP contribution in [-0.4, -0.2) is 6.34 Å². The molecular weight excluding hydrogens is 174 g/mol. The van der Waals surface area contributed by atoms with E-state index in [0.717, 1.165) is 23.2 Å². The van der Waals surface area contributed by atoms with Crippen LogP contribution >= 0.6 is 0 Å². The highest BCUT2D eigenvalue weighted by atomic mass is 14.8. The number of allylic oxidation sites excluding steroid dienone is 1. The molecule has 0 aliphatic carbocycles. The first-order valence-electron chi connectivity index (χ1n) is 4.46. The van der Waals surface area contributed by atoms with Gasteiger partial charge in [-0.1, -0.05) is 18.2 Å². The van der Waals surface area contributed by atoms with Gasteiger partial charge in [0.05, 0.1) is 12.9 Å². The zero-order valence-electron chi connectivity index (χ0n) is 8.11. The first-order chi connectivity index (χ1) is 6.77. The summed E-state index contributed by atoms with van der Waals surface area (Å²) in [5.41, 5.74) is 14.0. The van der Waals surface area contributed by atoms with E-state index in [2.05, 4.69) is 11.6 Å². The average molecular weight is 189 g/mol. The molecule has 0 aromatic heterocycles. The second kappa shape index (κ2) is 5.07. The second-order valence-electron chi connectivity index (χ2n) is 3.02. The normalized spacial score (nSPS) is 10.6. The highest BCUT2D eigenvalue weighted by Crippen LogP contribution is 2.15. The smallest absolute Gasteiger partial charge is 0.0801 e. The monoisotopic (exact) mass is 189 g/mol. The van der Waals surface area contributed by atoms with Crippen LogP contribution in [0.3, 0.4) is 0 Å². The first kappa shape index (κ1) is 10.3. The number of nitrogens with zero attached hydrogens (tertiary/aromatic N) is 1. The third-order valence-corrected chi connectivity index (χ3v) is 1.95. The molecule has 0 unspecified atom stereocenters. The molecule has 0 amide bonds. The molecular formula is C11H15N3. The maximum atomic E-state index is 5.79. The van der Waals surface area contributed by atoms with Gasteiger partial charge in [0.15, 0.2) is 0 Å². The van der Waals surface area contributed by atoms with Gasteiger partial charge in [-0.15, -0.1) is 6.58 Å². The van der Waals surface area contributed by atoms with E-state index in [1.807, 2.05) is 24.3 Å². The molecule has 1 rings (SSSR count). The standard InChI is InChI=1S/C11H15N3/c1-2-3-10-6-9(7-14-8-12)4-5-11(10)13/h2,4-6,8H,1,3,7,13H2,(H2,12,14). The third-order valence-electron chi connectivity index (χ3n) is 1.95. The van der Waals surface area contributed by atoms with E-state index in [9.17, 15) is 0 Å². The molecule has 3 nitrogen and oxygen atoms in total. The number of nitrogens with two attached hydrogens (primary N) is 2. The molecule has 0 spiro atoms. The van der Waals surface area contributed by atoms with Gasteiger partial charge in [-0.05, 0) is 23.6 Å². The Bertz CT molecular complexity index is 342. The van der Waals surface area contributed by atoms with Crippen molar-refractivity contribution in [3.8, 4) is 0 Å². The van der Waals surface area contributed by atoms with Crippen molar-refractivity contribution in [2.75, 3.05) is 5.73 Å². The van der Waals surface area contributed by atoms with Crippen LogP contribution in [0.25, 0.3) is 0 Å². The predicted molar refractivity (Wildman–Crippen MR) is 61.1 cm³/mol. The molecule has 0 bridgehead atoms. The van der Waals surface area contributed by atoms with Crippen LogP contribution in [-0.2, 0) is 13.0 Å². The summed E-state index contributed by atoms with van der Waals surface area (Å²) in [7, 11) is 0. The van der Waals surface area contributed by atoms with Crippen LogP contribution in [0.4, 0.5) is 5.69 Å². The van der Waals surface area contributed by atoms with Gasteiger partial charge in [0.2, 0.25) is 0 Å². The molecule has 74 valence electrons. The lowest BCUT2D eigenvalue weighted by Gasteiger charge is -2.04. The minimum atomic E-state index is 0.598. The summed E-state index contributed by atoms with van der Waals surface area (Å²) >= 11 is 0. The molecule has 3 heteroatoms. The zero-order valence-corrected chi connectivity index (χ0v) is 8.11. The highest BCUT2D eigenvalue weighted by Gasteiger charge is 1.98. The van der Waals surface area contributed by atoms with E-state index >= 15 is 0 Å². The first-order valence-corrected chi connectivity index (χ1v) is 4.46. The van der Waals surface area contributed by atoms with E-state index in [4.69, 9.17) is 11.5 Å². The molecule has 0 fully saturated rings. The minimum absolute atomic E-state index is 0.598. The van der Waals surface area contributed by atoms with Crippen molar-refractivity contribution in [2.24, 2.45) is 10.7 Å². The van der Waals surface area contributed by atoms with Crippen molar-refractivity contribution in [3.63, 3.8) is 0 Å². The van der Waals surface area contributed by atoms with Gasteiger partial charge < -0.3 is 11.5 Å². The SMILES string of the molecule is C=CCc1cc(CN=CN)ccc1N. The maximum absolute atomic E-state index is 5.79. The van der Waals surface area contributed by atoms with Crippen molar-refractivity contribution < 1.29 is 0 Å². The van der Waals surface area contributed by atoms with Gasteiger partial charge >= 0.3 is 0 Å². The van der Waals surface area contributed by atoms with E-state index in [-0.39, 0.29) is 0 Å². The number of hydrogen-bond donors (Lipinski definition) is 2. The molecule has 4 N–H and O–H groups in total. The van der Waals surface area contributed by atoms with Crippen molar-refractivity contribution in [2.45, 2.75) is 13.0 Å². The number of aliphatic imine (C=N–C) groups is 1. The molecule has 0 atom stereocenters. The predicted octanol–water partition coefficient (Wildman–Crippen LogP) is 1.48. The lowest BCUT2D eigenvalue weighted by molar-refractivity contribution is 1.06. The van der Waals surface area contributed by atoms with E-state index in [1.165, 1.54) is 6.34 Å². The van der Waals surface area contributed by atoms with E-state index in [1.54, 1.807) is 0 Å². The summed E-state index contributed by atoms with van der Waals surface area (Å²) in [6, 6.07) is 5.87. The molecule has 0 aliphatic heterocycles. The number of nitrogen functional groups attached to an aromatic ring is 1. The van der Waals surface area contributed by atoms with Gasteiger partial charge in [-0.3, -0.25) is 4.99 Å². The fraction of sp³-hybridized carbons (Fsp3) is 0.182. The summed E-state index contributed by atoms with van der Waals surface area (Å²) in [6.45, 7) is 4.28. The van der Waals surface area contributed by atoms with Gasteiger partial charge in [-0.25, -0.2) is 0 Å². The molecule has 0 radical (unpaired) electrons. The average Bonchev–Trinajstić information content (AvgIpc) is 2.19. The molecule has 0 heterocycles. The fourth-order valence-corrected chi connectivity index (χ4v) is 1.25. The Hall–Kier alpha value is -1.77. The van der Waals surface area contributed by atoms with E-state index in [0.29, 0.717) is 6.54 Å². The summed E-state index contributed by atoms with van der Waals surface area (Å²) in [6.07, 6.45) is 3.93. The number of rotatable bonds is 4. The van der Waals surface area contributed by atoms with Gasteiger partial charge in [-0.2, -0.15) is 0 Å². The zero-order chi connectivity index (χ0) is 10.4. The second-order valence-corrected chi connectivity index (χ2v) is 3.02. The van der Waals surface area contributed by atoms with Crippen molar-refractivity contribution >= 4 is 12.0 Å². The van der Waals surface area contributed by atoms with Gasteiger partial charge in [0.1, 0.15) is 0 Å². The molecule has 1 aromatic rings. The Balaban J connectivity index is 2.87. The molecule has 0 saturated carbocycles. The Morgan fingerprint density at radius 3 is 2.86 bits per heavy atom. The van der Waals surface area contributed by atoms with Crippen molar-refractivity contribution in [1.82, 2.24) is 0 Å². The van der Waals surface area contributed by atoms with Crippen LogP contribution < -0.4 is 11.5 Å². The van der Waals surface area contributed by atoms with Crippen molar-refractivity contribution in [3.05, 3.63) is 42.0 Å². The summed E-state index contributed by atoms with van der Waals surface area (Å²) < 4.78 is 0. The topological polar surface area (TPSA) is 64.4 Å². The Kier molecular flexibility index (Phi) is 3.73. The van der Waals surface area contributed by atoms with Gasteiger partial charge in [0.25, 0.3) is 0 Å². The van der Waals surface area contributed by atoms with Crippen LogP contribution in [0, 0.1) is 0 Å². The number of hydrogen-bond acceptors (Lipinski definition) is 2. The molecule has 1 aromatic carbocycles. The van der Waals surface area contributed by atoms with Crippen LogP contribution in [0.1, 0.15) is 11.1 Å². The largest absolute Gasteiger partial charge is 0.398 e. The number of benzene rings is 1. The summed E-state index contributed by atoms with van der Waals surface area (Å²) in [5, 5.41) is 0. The molecule has 0 aliphatic rings. The minimum Gasteiger partial charge on any atom is -0.398 e. The van der Waals surface area contributed by atoms with Crippen molar-refractivity contribution in [1.29, 1.82) is 0 Å². The van der Waals surface area contributed by atoms with E-state index < -0.39 is 0 Å².